The van der Waals surface area contributed by atoms with E-state index in [2.05, 4.69) is 147 Å². The topological polar surface area (TPSA) is 44.9 Å². The van der Waals surface area contributed by atoms with Gasteiger partial charge in [-0.3, -0.25) is 4.68 Å². The number of rotatable bonds is 6. The van der Waals surface area contributed by atoms with Crippen LogP contribution in [-0.4, -0.2) is 19.3 Å². The van der Waals surface area contributed by atoms with Gasteiger partial charge in [-0.05, 0) is 82.1 Å². The second-order valence-corrected chi connectivity index (χ2v) is 15.8. The Kier molecular flexibility index (Phi) is 9.67. The molecule has 3 heterocycles. The van der Waals surface area contributed by atoms with Gasteiger partial charge < -0.3 is 9.30 Å². The first-order chi connectivity index (χ1) is 23.7. The molecule has 262 valence electrons. The number of hydrogen-bond donors (Lipinski definition) is 0. The van der Waals surface area contributed by atoms with Crippen LogP contribution in [0.15, 0.2) is 91.1 Å². The van der Waals surface area contributed by atoms with E-state index in [-0.39, 0.29) is 31.9 Å². The monoisotopic (exact) mass is 853 g/mol. The molecule has 0 saturated carbocycles. The Balaban J connectivity index is 0.00000448. The van der Waals surface area contributed by atoms with Gasteiger partial charge in [0.15, 0.2) is 0 Å². The van der Waals surface area contributed by atoms with Crippen LogP contribution >= 0.6 is 0 Å². The standard InChI is InChI=1S/C45H46N4O.Pt/c1-28(2)31-20-21-46-42(24-31)48-40-17-12-11-16-38(40)39-19-18-37(27-41(39)48)50-36-15-13-14-35(26-36)49-30(4)43(29(3)47-49)32-22-33(44(5,6)7)25-34(23-32)45(8,9)10;/h11-25,28H,1-10H3;/q-2;+2. The van der Waals surface area contributed by atoms with Gasteiger partial charge in [0, 0.05) is 34.5 Å². The number of hydrogen-bond acceptors (Lipinski definition) is 3. The van der Waals surface area contributed by atoms with Crippen LogP contribution in [0.5, 0.6) is 11.5 Å². The number of aromatic nitrogens is 4. The number of benzene rings is 4. The third kappa shape index (κ3) is 6.94. The summed E-state index contributed by atoms with van der Waals surface area (Å²) in [5, 5.41) is 7.28. The summed E-state index contributed by atoms with van der Waals surface area (Å²) in [7, 11) is 0. The molecule has 7 aromatic rings. The van der Waals surface area contributed by atoms with Crippen molar-refractivity contribution in [1.29, 1.82) is 0 Å². The number of aryl methyl sites for hydroxylation is 1. The minimum Gasteiger partial charge on any atom is -0.509 e. The summed E-state index contributed by atoms with van der Waals surface area (Å²) in [5.41, 5.74) is 11.2. The largest absolute Gasteiger partial charge is 2.00 e. The van der Waals surface area contributed by atoms with Crippen molar-refractivity contribution in [2.45, 2.75) is 86.0 Å². The van der Waals surface area contributed by atoms with E-state index in [0.29, 0.717) is 17.4 Å². The molecule has 4 aromatic carbocycles. The van der Waals surface area contributed by atoms with Gasteiger partial charge in [-0.2, -0.15) is 17.2 Å². The summed E-state index contributed by atoms with van der Waals surface area (Å²) in [6.45, 7) is 22.3. The van der Waals surface area contributed by atoms with E-state index in [1.54, 1.807) is 0 Å². The van der Waals surface area contributed by atoms with Crippen molar-refractivity contribution in [3.63, 3.8) is 0 Å². The molecule has 0 amide bonds. The fourth-order valence-electron chi connectivity index (χ4n) is 6.76. The summed E-state index contributed by atoms with van der Waals surface area (Å²) in [5.74, 6) is 2.47. The van der Waals surface area contributed by atoms with Crippen LogP contribution in [-0.2, 0) is 31.9 Å². The van der Waals surface area contributed by atoms with Crippen LogP contribution in [0.1, 0.15) is 89.4 Å². The summed E-state index contributed by atoms with van der Waals surface area (Å²) >= 11 is 0. The Bertz CT molecular complexity index is 2350. The minimum absolute atomic E-state index is 0. The Labute approximate surface area is 317 Å². The zero-order valence-electron chi connectivity index (χ0n) is 31.3. The maximum Gasteiger partial charge on any atom is 2.00 e. The second kappa shape index (κ2) is 13.6. The molecule has 0 bridgehead atoms. The van der Waals surface area contributed by atoms with Gasteiger partial charge in [0.1, 0.15) is 5.82 Å². The van der Waals surface area contributed by atoms with Crippen LogP contribution < -0.4 is 4.74 Å². The van der Waals surface area contributed by atoms with Crippen LogP contribution in [0.4, 0.5) is 0 Å². The summed E-state index contributed by atoms with van der Waals surface area (Å²) < 4.78 is 10.6. The molecule has 7 rings (SSSR count). The molecule has 51 heavy (non-hydrogen) atoms. The van der Waals surface area contributed by atoms with Gasteiger partial charge in [0.2, 0.25) is 0 Å². The van der Waals surface area contributed by atoms with Gasteiger partial charge in [0.05, 0.1) is 5.69 Å². The van der Waals surface area contributed by atoms with Gasteiger partial charge in [-0.1, -0.05) is 97.3 Å². The molecular formula is C45H46N4OPt. The quantitative estimate of drug-likeness (QED) is 0.157. The molecule has 0 aliphatic heterocycles. The van der Waals surface area contributed by atoms with Crippen molar-refractivity contribution < 1.29 is 25.8 Å². The molecule has 0 fully saturated rings. The molecule has 0 unspecified atom stereocenters. The molecule has 0 radical (unpaired) electrons. The van der Waals surface area contributed by atoms with E-state index in [1.807, 2.05) is 35.1 Å². The number of para-hydroxylation sites is 1. The SMILES string of the molecule is Cc1nn(-c2[c-]c(Oc3[c-]c4c(cc3)c3ccccc3n4-c3cc(C(C)C)ccn3)ccc2)c(C)c1-c1cc(C(C)(C)C)cc(C(C)(C)C)c1.[Pt+2]. The fraction of sp³-hybridized carbons (Fsp3) is 0.289. The van der Waals surface area contributed by atoms with Crippen molar-refractivity contribution in [3.05, 3.63) is 131 Å². The average Bonchev–Trinajstić information content (AvgIpc) is 3.56. The molecule has 0 atom stereocenters. The smallest absolute Gasteiger partial charge is 0.509 e. The molecule has 0 saturated heterocycles. The van der Waals surface area contributed by atoms with E-state index >= 15 is 0 Å². The Morgan fingerprint density at radius 3 is 2.10 bits per heavy atom. The van der Waals surface area contributed by atoms with E-state index in [0.717, 1.165) is 50.3 Å². The molecular weight excluding hydrogens is 808 g/mol. The third-order valence-corrected chi connectivity index (χ3v) is 9.67. The first-order valence-corrected chi connectivity index (χ1v) is 17.5. The van der Waals surface area contributed by atoms with E-state index in [4.69, 9.17) is 14.8 Å². The Morgan fingerprint density at radius 1 is 0.725 bits per heavy atom. The zero-order valence-corrected chi connectivity index (χ0v) is 33.5. The molecule has 5 nitrogen and oxygen atoms in total. The van der Waals surface area contributed by atoms with E-state index in [9.17, 15) is 0 Å². The maximum absolute atomic E-state index is 6.48. The summed E-state index contributed by atoms with van der Waals surface area (Å²) in [6, 6.07) is 36.8. The molecule has 6 heteroatoms. The predicted molar refractivity (Wildman–Crippen MR) is 206 cm³/mol. The molecule has 0 aliphatic rings. The minimum atomic E-state index is 0. The maximum atomic E-state index is 6.48. The van der Waals surface area contributed by atoms with Crippen molar-refractivity contribution in [1.82, 2.24) is 19.3 Å². The van der Waals surface area contributed by atoms with Crippen LogP contribution in [0.3, 0.4) is 0 Å². The van der Waals surface area contributed by atoms with Crippen LogP contribution in [0.25, 0.3) is 44.4 Å². The van der Waals surface area contributed by atoms with E-state index in [1.165, 1.54) is 22.3 Å². The van der Waals surface area contributed by atoms with Crippen LogP contribution in [0.2, 0.25) is 0 Å². The number of pyridine rings is 1. The molecule has 0 spiro atoms. The first-order valence-electron chi connectivity index (χ1n) is 17.5. The van der Waals surface area contributed by atoms with Crippen molar-refractivity contribution >= 4 is 21.8 Å². The first kappa shape index (κ1) is 36.3. The van der Waals surface area contributed by atoms with Gasteiger partial charge >= 0.3 is 21.1 Å². The van der Waals surface area contributed by atoms with Gasteiger partial charge in [0.25, 0.3) is 0 Å². The number of ether oxygens (including phenoxy) is 1. The third-order valence-electron chi connectivity index (χ3n) is 9.67. The Hall–Kier alpha value is -4.47. The Morgan fingerprint density at radius 2 is 1.41 bits per heavy atom. The average molecular weight is 854 g/mol. The number of fused-ring (bicyclic) bond motifs is 3. The van der Waals surface area contributed by atoms with Crippen molar-refractivity contribution in [2.75, 3.05) is 0 Å². The second-order valence-electron chi connectivity index (χ2n) is 15.8. The summed E-state index contributed by atoms with van der Waals surface area (Å²) in [6.07, 6.45) is 1.89. The fourth-order valence-corrected chi connectivity index (χ4v) is 6.76. The predicted octanol–water partition coefficient (Wildman–Crippen LogP) is 11.8. The van der Waals surface area contributed by atoms with Gasteiger partial charge in [-0.25, -0.2) is 4.98 Å². The van der Waals surface area contributed by atoms with Gasteiger partial charge in [-0.15, -0.1) is 35.7 Å². The zero-order chi connectivity index (χ0) is 35.5. The summed E-state index contributed by atoms with van der Waals surface area (Å²) in [4.78, 5) is 4.78. The molecule has 0 aliphatic carbocycles. The van der Waals surface area contributed by atoms with Crippen LogP contribution in [0, 0.1) is 26.0 Å². The molecule has 3 aromatic heterocycles. The van der Waals surface area contributed by atoms with Crippen molar-refractivity contribution in [3.8, 4) is 34.1 Å². The normalized spacial score (nSPS) is 12.1. The van der Waals surface area contributed by atoms with E-state index < -0.39 is 0 Å². The number of nitrogens with zero attached hydrogens (tertiary/aromatic N) is 4. The van der Waals surface area contributed by atoms with Crippen molar-refractivity contribution in [2.24, 2.45) is 0 Å². The molecule has 0 N–H and O–H groups in total.